The molecule has 9 heteroatoms. The molecule has 0 unspecified atom stereocenters. The zero-order valence-electron chi connectivity index (χ0n) is 15.0. The Morgan fingerprint density at radius 3 is 2.70 bits per heavy atom. The van der Waals surface area contributed by atoms with E-state index in [0.29, 0.717) is 14.8 Å². The number of hydrogen-bond acceptors (Lipinski definition) is 6. The van der Waals surface area contributed by atoms with E-state index in [4.69, 9.17) is 12.2 Å². The first-order valence-electron chi connectivity index (χ1n) is 8.67. The number of thioether (sulfide) groups is 1. The van der Waals surface area contributed by atoms with Crippen molar-refractivity contribution in [2.75, 3.05) is 39.8 Å². The Kier molecular flexibility index (Phi) is 6.59. The fourth-order valence-electron chi connectivity index (χ4n) is 2.79. The van der Waals surface area contributed by atoms with Crippen molar-refractivity contribution in [3.8, 4) is 0 Å². The Morgan fingerprint density at radius 1 is 1.30 bits per heavy atom. The van der Waals surface area contributed by atoms with Crippen LogP contribution >= 0.6 is 24.0 Å². The van der Waals surface area contributed by atoms with Crippen molar-refractivity contribution in [3.05, 3.63) is 40.6 Å². The van der Waals surface area contributed by atoms with E-state index in [0.717, 1.165) is 37.9 Å². The lowest BCUT2D eigenvalue weighted by Gasteiger charge is -2.32. The van der Waals surface area contributed by atoms with Gasteiger partial charge in [0.05, 0.1) is 4.91 Å². The van der Waals surface area contributed by atoms with Crippen LogP contribution in [0.2, 0.25) is 0 Å². The second-order valence-corrected chi connectivity index (χ2v) is 8.11. The van der Waals surface area contributed by atoms with E-state index in [1.54, 1.807) is 18.2 Å². The van der Waals surface area contributed by atoms with Gasteiger partial charge in [0.25, 0.3) is 5.91 Å². The number of hydrogen-bond donors (Lipinski definition) is 1. The zero-order chi connectivity index (χ0) is 19.4. The number of thiocarbonyl (C=S) groups is 1. The minimum atomic E-state index is -0.394. The SMILES string of the molecule is CN1CCN(NC(=O)CCN2C(=O)/C(=C\c3ccccc3F)SC2=S)CC1. The summed E-state index contributed by atoms with van der Waals surface area (Å²) in [6.45, 7) is 3.55. The molecule has 1 aromatic rings. The predicted molar refractivity (Wildman–Crippen MR) is 108 cm³/mol. The molecule has 0 saturated carbocycles. The van der Waals surface area contributed by atoms with E-state index in [2.05, 4.69) is 10.3 Å². The van der Waals surface area contributed by atoms with Crippen LogP contribution < -0.4 is 5.43 Å². The van der Waals surface area contributed by atoms with Gasteiger partial charge >= 0.3 is 0 Å². The summed E-state index contributed by atoms with van der Waals surface area (Å²) in [7, 11) is 2.04. The maximum absolute atomic E-state index is 13.8. The molecule has 0 radical (unpaired) electrons. The molecule has 2 saturated heterocycles. The number of halogens is 1. The second kappa shape index (κ2) is 8.92. The molecule has 0 bridgehead atoms. The third-order valence-corrected chi connectivity index (χ3v) is 5.79. The molecular weight excluding hydrogens is 387 g/mol. The molecule has 6 nitrogen and oxygen atoms in total. The molecule has 2 heterocycles. The summed E-state index contributed by atoms with van der Waals surface area (Å²) in [4.78, 5) is 28.7. The molecule has 0 aromatic heterocycles. The summed E-state index contributed by atoms with van der Waals surface area (Å²) in [6, 6.07) is 6.25. The molecular formula is C18H21FN4O2S2. The van der Waals surface area contributed by atoms with Gasteiger partial charge in [-0.1, -0.05) is 42.2 Å². The van der Waals surface area contributed by atoms with Gasteiger partial charge in [-0.25, -0.2) is 9.40 Å². The average molecular weight is 409 g/mol. The largest absolute Gasteiger partial charge is 0.304 e. The topological polar surface area (TPSA) is 55.9 Å². The van der Waals surface area contributed by atoms with Crippen molar-refractivity contribution in [3.63, 3.8) is 0 Å². The lowest BCUT2D eigenvalue weighted by atomic mass is 10.2. The molecule has 1 aromatic carbocycles. The number of carbonyl (C=O) groups is 2. The standard InChI is InChI=1S/C18H21FN4O2S2/c1-21-8-10-22(11-9-21)20-16(24)6-7-23-17(25)15(27-18(23)26)12-13-4-2-3-5-14(13)19/h2-5,12H,6-11H2,1H3,(H,20,24)/b15-12+. The van der Waals surface area contributed by atoms with Gasteiger partial charge in [0.15, 0.2) is 0 Å². The quantitative estimate of drug-likeness (QED) is 0.591. The highest BCUT2D eigenvalue weighted by Gasteiger charge is 2.32. The first kappa shape index (κ1) is 19.9. The third-order valence-electron chi connectivity index (χ3n) is 4.41. The zero-order valence-corrected chi connectivity index (χ0v) is 16.6. The van der Waals surface area contributed by atoms with Crippen LogP contribution in [-0.2, 0) is 9.59 Å². The molecule has 0 atom stereocenters. The number of nitrogens with zero attached hydrogens (tertiary/aromatic N) is 3. The Labute approximate surface area is 167 Å². The van der Waals surface area contributed by atoms with Crippen LogP contribution in [0.3, 0.4) is 0 Å². The lowest BCUT2D eigenvalue weighted by Crippen LogP contribution is -2.52. The number of benzene rings is 1. The van der Waals surface area contributed by atoms with E-state index < -0.39 is 5.82 Å². The van der Waals surface area contributed by atoms with E-state index in [1.165, 1.54) is 17.0 Å². The number of piperazine rings is 1. The maximum Gasteiger partial charge on any atom is 0.266 e. The fraction of sp³-hybridized carbons (Fsp3) is 0.389. The summed E-state index contributed by atoms with van der Waals surface area (Å²) >= 11 is 6.38. The summed E-state index contributed by atoms with van der Waals surface area (Å²) in [5.74, 6) is -0.832. The van der Waals surface area contributed by atoms with Crippen LogP contribution in [0.4, 0.5) is 4.39 Å². The number of rotatable bonds is 5. The van der Waals surface area contributed by atoms with Crippen molar-refractivity contribution >= 4 is 46.2 Å². The highest BCUT2D eigenvalue weighted by molar-refractivity contribution is 8.26. The number of amides is 2. The molecule has 2 fully saturated rings. The van der Waals surface area contributed by atoms with Crippen LogP contribution in [-0.4, -0.2) is 70.7 Å². The van der Waals surface area contributed by atoms with Gasteiger partial charge in [0, 0.05) is 44.7 Å². The van der Waals surface area contributed by atoms with Crippen molar-refractivity contribution in [2.45, 2.75) is 6.42 Å². The van der Waals surface area contributed by atoms with Gasteiger partial charge in [0.1, 0.15) is 10.1 Å². The molecule has 144 valence electrons. The number of hydrazine groups is 1. The molecule has 0 aliphatic carbocycles. The summed E-state index contributed by atoms with van der Waals surface area (Å²) < 4.78 is 14.2. The lowest BCUT2D eigenvalue weighted by molar-refractivity contribution is -0.127. The predicted octanol–water partition coefficient (Wildman–Crippen LogP) is 1.70. The summed E-state index contributed by atoms with van der Waals surface area (Å²) in [5, 5.41) is 1.89. The number of nitrogens with one attached hydrogen (secondary N) is 1. The molecule has 2 amide bonds. The molecule has 2 aliphatic heterocycles. The van der Waals surface area contributed by atoms with Crippen LogP contribution in [0.5, 0.6) is 0 Å². The van der Waals surface area contributed by atoms with Gasteiger partial charge in [-0.15, -0.1) is 0 Å². The number of carbonyl (C=O) groups excluding carboxylic acids is 2. The molecule has 2 aliphatic rings. The van der Waals surface area contributed by atoms with Gasteiger partial charge in [0.2, 0.25) is 5.91 Å². The highest BCUT2D eigenvalue weighted by Crippen LogP contribution is 2.32. The normalized spacial score (nSPS) is 20.5. The van der Waals surface area contributed by atoms with E-state index >= 15 is 0 Å². The average Bonchev–Trinajstić information content (AvgIpc) is 2.90. The van der Waals surface area contributed by atoms with Gasteiger partial charge in [-0.3, -0.25) is 19.9 Å². The highest BCUT2D eigenvalue weighted by atomic mass is 32.2. The third kappa shape index (κ3) is 5.13. The Morgan fingerprint density at radius 2 is 2.00 bits per heavy atom. The minimum Gasteiger partial charge on any atom is -0.304 e. The van der Waals surface area contributed by atoms with Crippen LogP contribution in [0, 0.1) is 5.82 Å². The second-order valence-electron chi connectivity index (χ2n) is 6.43. The van der Waals surface area contributed by atoms with Gasteiger partial charge in [-0.05, 0) is 19.2 Å². The Balaban J connectivity index is 1.55. The van der Waals surface area contributed by atoms with Crippen LogP contribution in [0.25, 0.3) is 6.08 Å². The fourth-order valence-corrected chi connectivity index (χ4v) is 4.09. The minimum absolute atomic E-state index is 0.147. The molecule has 27 heavy (non-hydrogen) atoms. The van der Waals surface area contributed by atoms with Crippen molar-refractivity contribution < 1.29 is 14.0 Å². The van der Waals surface area contributed by atoms with Crippen molar-refractivity contribution in [1.29, 1.82) is 0 Å². The molecule has 1 N–H and O–H groups in total. The Hall–Kier alpha value is -1.81. The number of likely N-dealkylation sites (N-methyl/N-ethyl adjacent to an activating group) is 1. The van der Waals surface area contributed by atoms with Gasteiger partial charge < -0.3 is 4.90 Å². The van der Waals surface area contributed by atoms with E-state index in [-0.39, 0.29) is 24.8 Å². The Bertz CT molecular complexity index is 778. The molecule has 0 spiro atoms. The smallest absolute Gasteiger partial charge is 0.266 e. The van der Waals surface area contributed by atoms with Crippen LogP contribution in [0.1, 0.15) is 12.0 Å². The van der Waals surface area contributed by atoms with E-state index in [1.807, 2.05) is 12.1 Å². The molecule has 3 rings (SSSR count). The monoisotopic (exact) mass is 408 g/mol. The van der Waals surface area contributed by atoms with E-state index in [9.17, 15) is 14.0 Å². The van der Waals surface area contributed by atoms with Crippen molar-refractivity contribution in [2.24, 2.45) is 0 Å². The maximum atomic E-state index is 13.8. The van der Waals surface area contributed by atoms with Crippen molar-refractivity contribution in [1.82, 2.24) is 20.2 Å². The first-order valence-corrected chi connectivity index (χ1v) is 9.89. The summed E-state index contributed by atoms with van der Waals surface area (Å²) in [6.07, 6.45) is 1.66. The summed E-state index contributed by atoms with van der Waals surface area (Å²) in [5.41, 5.74) is 3.21. The van der Waals surface area contributed by atoms with Gasteiger partial charge in [-0.2, -0.15) is 0 Å². The van der Waals surface area contributed by atoms with Crippen LogP contribution in [0.15, 0.2) is 29.2 Å². The first-order chi connectivity index (χ1) is 12.9.